The van der Waals surface area contributed by atoms with Gasteiger partial charge in [-0.25, -0.2) is 0 Å². The maximum absolute atomic E-state index is 13.5. The van der Waals surface area contributed by atoms with E-state index in [0.717, 1.165) is 11.3 Å². The molecule has 5 heteroatoms. The highest BCUT2D eigenvalue weighted by Crippen LogP contribution is 2.27. The van der Waals surface area contributed by atoms with Gasteiger partial charge in [0.25, 0.3) is 0 Å². The molecule has 3 aromatic rings. The van der Waals surface area contributed by atoms with Gasteiger partial charge in [-0.1, -0.05) is 48.5 Å². The molecule has 5 nitrogen and oxygen atoms in total. The fraction of sp³-hybridized carbons (Fsp3) is 0.160. The zero-order valence-electron chi connectivity index (χ0n) is 17.0. The third-order valence-corrected chi connectivity index (χ3v) is 4.87. The summed E-state index contributed by atoms with van der Waals surface area (Å²) in [6.07, 6.45) is 0. The maximum atomic E-state index is 13.5. The topological polar surface area (TPSA) is 73.2 Å². The van der Waals surface area contributed by atoms with Crippen molar-refractivity contribution in [2.45, 2.75) is 20.4 Å². The van der Waals surface area contributed by atoms with Crippen LogP contribution in [0.4, 0.5) is 11.4 Å². The van der Waals surface area contributed by atoms with Crippen LogP contribution < -0.4 is 10.2 Å². The van der Waals surface area contributed by atoms with Crippen molar-refractivity contribution in [3.63, 3.8) is 0 Å². The second-order valence-corrected chi connectivity index (χ2v) is 7.48. The van der Waals surface area contributed by atoms with Gasteiger partial charge in [0.05, 0.1) is 18.2 Å². The van der Waals surface area contributed by atoms with Gasteiger partial charge in [-0.3, -0.25) is 9.59 Å². The van der Waals surface area contributed by atoms with E-state index in [-0.39, 0.29) is 5.91 Å². The summed E-state index contributed by atoms with van der Waals surface area (Å²) in [4.78, 5) is 28.2. The molecule has 3 rings (SSSR count). The fourth-order valence-corrected chi connectivity index (χ4v) is 3.00. The predicted molar refractivity (Wildman–Crippen MR) is 118 cm³/mol. The van der Waals surface area contributed by atoms with Gasteiger partial charge >= 0.3 is 0 Å². The molecular formula is C25H23N3O2. The smallest absolute Gasteiger partial charge is 0.242 e. The molecule has 0 fully saturated rings. The fourth-order valence-electron chi connectivity index (χ4n) is 3.00. The number of rotatable bonds is 6. The summed E-state index contributed by atoms with van der Waals surface area (Å²) in [5, 5.41) is 11.7. The number of amides is 2. The van der Waals surface area contributed by atoms with Crippen LogP contribution in [-0.4, -0.2) is 11.8 Å². The van der Waals surface area contributed by atoms with E-state index in [4.69, 9.17) is 5.26 Å². The van der Waals surface area contributed by atoms with Crippen molar-refractivity contribution in [2.75, 3.05) is 10.2 Å². The SMILES string of the molecule is CC(C)(C(=O)Nc1ccc(C#N)cc1)C(=O)N(Cc1ccccc1)c1ccccc1. The molecule has 150 valence electrons. The first-order chi connectivity index (χ1) is 14.4. The summed E-state index contributed by atoms with van der Waals surface area (Å²) in [6.45, 7) is 3.60. The number of nitrogens with zero attached hydrogens (tertiary/aromatic N) is 2. The second-order valence-electron chi connectivity index (χ2n) is 7.48. The molecule has 0 spiro atoms. The molecule has 0 heterocycles. The minimum absolute atomic E-state index is 0.302. The molecule has 0 atom stereocenters. The van der Waals surface area contributed by atoms with Gasteiger partial charge in [0, 0.05) is 11.4 Å². The molecule has 3 aromatic carbocycles. The lowest BCUT2D eigenvalue weighted by Crippen LogP contribution is -2.47. The van der Waals surface area contributed by atoms with Gasteiger partial charge in [0.2, 0.25) is 11.8 Å². The highest BCUT2D eigenvalue weighted by atomic mass is 16.2. The number of nitriles is 1. The third kappa shape index (κ3) is 4.73. The highest BCUT2D eigenvalue weighted by molar-refractivity contribution is 6.14. The molecule has 0 radical (unpaired) electrons. The molecular weight excluding hydrogens is 374 g/mol. The quantitative estimate of drug-likeness (QED) is 0.610. The lowest BCUT2D eigenvalue weighted by molar-refractivity contribution is -0.136. The van der Waals surface area contributed by atoms with Crippen LogP contribution >= 0.6 is 0 Å². The van der Waals surface area contributed by atoms with E-state index in [1.807, 2.05) is 66.7 Å². The Balaban J connectivity index is 1.85. The minimum Gasteiger partial charge on any atom is -0.325 e. The van der Waals surface area contributed by atoms with Crippen LogP contribution in [0.2, 0.25) is 0 Å². The number of hydrogen-bond donors (Lipinski definition) is 1. The van der Waals surface area contributed by atoms with Gasteiger partial charge in [-0.05, 0) is 55.8 Å². The van der Waals surface area contributed by atoms with E-state index in [9.17, 15) is 9.59 Å². The monoisotopic (exact) mass is 397 g/mol. The van der Waals surface area contributed by atoms with Crippen LogP contribution in [0, 0.1) is 16.7 Å². The van der Waals surface area contributed by atoms with E-state index in [0.29, 0.717) is 17.8 Å². The second kappa shape index (κ2) is 9.06. The number of benzene rings is 3. The lowest BCUT2D eigenvalue weighted by atomic mass is 9.89. The van der Waals surface area contributed by atoms with Crippen molar-refractivity contribution in [2.24, 2.45) is 5.41 Å². The summed E-state index contributed by atoms with van der Waals surface area (Å²) >= 11 is 0. The Morgan fingerprint density at radius 1 is 0.900 bits per heavy atom. The van der Waals surface area contributed by atoms with Crippen LogP contribution in [0.25, 0.3) is 0 Å². The van der Waals surface area contributed by atoms with E-state index in [2.05, 4.69) is 5.32 Å². The lowest BCUT2D eigenvalue weighted by Gasteiger charge is -2.31. The van der Waals surface area contributed by atoms with Crippen LogP contribution in [0.5, 0.6) is 0 Å². The number of hydrogen-bond acceptors (Lipinski definition) is 3. The number of anilines is 2. The first-order valence-corrected chi connectivity index (χ1v) is 9.64. The van der Waals surface area contributed by atoms with Crippen LogP contribution in [0.15, 0.2) is 84.9 Å². The maximum Gasteiger partial charge on any atom is 0.242 e. The van der Waals surface area contributed by atoms with Crippen molar-refractivity contribution in [3.05, 3.63) is 96.1 Å². The molecule has 0 saturated heterocycles. The Morgan fingerprint density at radius 2 is 1.47 bits per heavy atom. The Morgan fingerprint density at radius 3 is 2.03 bits per heavy atom. The van der Waals surface area contributed by atoms with Crippen molar-refractivity contribution >= 4 is 23.2 Å². The Hall–Kier alpha value is -3.91. The molecule has 1 N–H and O–H groups in total. The molecule has 30 heavy (non-hydrogen) atoms. The minimum atomic E-state index is -1.31. The van der Waals surface area contributed by atoms with Crippen molar-refractivity contribution in [1.82, 2.24) is 0 Å². The number of nitrogens with one attached hydrogen (secondary N) is 1. The summed E-state index contributed by atoms with van der Waals surface area (Å²) in [6, 6.07) is 27.6. The first-order valence-electron chi connectivity index (χ1n) is 9.64. The molecule has 0 aromatic heterocycles. The van der Waals surface area contributed by atoms with Gasteiger partial charge in [0.1, 0.15) is 5.41 Å². The largest absolute Gasteiger partial charge is 0.325 e. The van der Waals surface area contributed by atoms with Crippen molar-refractivity contribution in [1.29, 1.82) is 5.26 Å². The van der Waals surface area contributed by atoms with Crippen LogP contribution in [0.3, 0.4) is 0 Å². The zero-order chi connectivity index (χ0) is 21.6. The van der Waals surface area contributed by atoms with Crippen LogP contribution in [0.1, 0.15) is 25.0 Å². The summed E-state index contributed by atoms with van der Waals surface area (Å²) in [5.41, 5.74) is 1.43. The highest BCUT2D eigenvalue weighted by Gasteiger charge is 2.39. The molecule has 2 amide bonds. The summed E-state index contributed by atoms with van der Waals surface area (Å²) < 4.78 is 0. The van der Waals surface area contributed by atoms with Gasteiger partial charge in [-0.2, -0.15) is 5.26 Å². The molecule has 0 aliphatic rings. The predicted octanol–water partition coefficient (Wildman–Crippen LogP) is 4.76. The summed E-state index contributed by atoms with van der Waals surface area (Å²) in [7, 11) is 0. The average molecular weight is 397 g/mol. The van der Waals surface area contributed by atoms with Crippen molar-refractivity contribution in [3.8, 4) is 6.07 Å². The number of carbonyl (C=O) groups excluding carboxylic acids is 2. The zero-order valence-corrected chi connectivity index (χ0v) is 17.0. The third-order valence-electron chi connectivity index (χ3n) is 4.87. The van der Waals surface area contributed by atoms with E-state index < -0.39 is 11.3 Å². The Bertz CT molecular complexity index is 1050. The van der Waals surface area contributed by atoms with E-state index in [1.165, 1.54) is 0 Å². The van der Waals surface area contributed by atoms with Crippen molar-refractivity contribution < 1.29 is 9.59 Å². The summed E-state index contributed by atoms with van der Waals surface area (Å²) in [5.74, 6) is -0.713. The Labute approximate surface area is 176 Å². The van der Waals surface area contributed by atoms with E-state index >= 15 is 0 Å². The van der Waals surface area contributed by atoms with E-state index in [1.54, 1.807) is 43.0 Å². The molecule has 0 aliphatic heterocycles. The molecule has 0 unspecified atom stereocenters. The first kappa shape index (κ1) is 20.8. The van der Waals surface area contributed by atoms with Gasteiger partial charge in [0.15, 0.2) is 0 Å². The number of carbonyl (C=O) groups is 2. The normalized spacial score (nSPS) is 10.7. The van der Waals surface area contributed by atoms with Gasteiger partial charge in [-0.15, -0.1) is 0 Å². The molecule has 0 bridgehead atoms. The average Bonchev–Trinajstić information content (AvgIpc) is 2.78. The molecule has 0 saturated carbocycles. The standard InChI is InChI=1S/C25H23N3O2/c1-25(2,23(29)27-21-15-13-19(17-26)14-16-21)24(30)28(22-11-7-4-8-12-22)18-20-9-5-3-6-10-20/h3-16H,18H2,1-2H3,(H,27,29). The Kier molecular flexibility index (Phi) is 6.29. The van der Waals surface area contributed by atoms with Gasteiger partial charge < -0.3 is 10.2 Å². The van der Waals surface area contributed by atoms with Crippen LogP contribution in [-0.2, 0) is 16.1 Å². The molecule has 0 aliphatic carbocycles. The number of para-hydroxylation sites is 1.